The van der Waals surface area contributed by atoms with E-state index in [1.165, 1.54) is 0 Å². The molecule has 2 aliphatic rings. The van der Waals surface area contributed by atoms with Gasteiger partial charge in [0.15, 0.2) is 26.3 Å². The van der Waals surface area contributed by atoms with Crippen molar-refractivity contribution in [3.05, 3.63) is 0 Å². The van der Waals surface area contributed by atoms with Gasteiger partial charge in [-0.25, -0.2) is 4.79 Å². The Bertz CT molecular complexity index is 399. The predicted molar refractivity (Wildman–Crippen MR) is 76.9 cm³/mol. The van der Waals surface area contributed by atoms with Gasteiger partial charge in [0, 0.05) is 0 Å². The molecule has 0 amide bonds. The summed E-state index contributed by atoms with van der Waals surface area (Å²) in [5.74, 6) is -1.08. The number of fused-ring (bicyclic) bond motifs is 1. The monoisotopic (exact) mass is 302 g/mol. The number of rotatable bonds is 3. The molecule has 2 rings (SSSR count). The van der Waals surface area contributed by atoms with E-state index in [-0.39, 0.29) is 23.2 Å². The Morgan fingerprint density at radius 1 is 1.25 bits per heavy atom. The fourth-order valence-electron chi connectivity index (χ4n) is 2.16. The first-order chi connectivity index (χ1) is 8.93. The molecule has 0 radical (unpaired) electrons. The van der Waals surface area contributed by atoms with Gasteiger partial charge in [-0.3, -0.25) is 0 Å². The van der Waals surface area contributed by atoms with Crippen molar-refractivity contribution >= 4 is 14.3 Å². The molecule has 116 valence electrons. The lowest BCUT2D eigenvalue weighted by Gasteiger charge is -2.37. The van der Waals surface area contributed by atoms with Crippen LogP contribution in [0.15, 0.2) is 0 Å². The van der Waals surface area contributed by atoms with Gasteiger partial charge in [-0.1, -0.05) is 20.8 Å². The van der Waals surface area contributed by atoms with Crippen LogP contribution in [0.25, 0.3) is 0 Å². The summed E-state index contributed by atoms with van der Waals surface area (Å²) < 4.78 is 22.8. The molecule has 2 saturated heterocycles. The summed E-state index contributed by atoms with van der Waals surface area (Å²) >= 11 is 0. The Hall–Kier alpha value is -0.433. The number of hydrogen-bond donors (Lipinski definition) is 0. The first-order valence-electron chi connectivity index (χ1n) is 7.13. The van der Waals surface area contributed by atoms with E-state index < -0.39 is 20.2 Å². The van der Waals surface area contributed by atoms with Crippen LogP contribution in [0.5, 0.6) is 0 Å². The van der Waals surface area contributed by atoms with E-state index in [2.05, 4.69) is 33.9 Å². The molecule has 5 nitrogen and oxygen atoms in total. The molecule has 0 spiro atoms. The van der Waals surface area contributed by atoms with Gasteiger partial charge in [0.1, 0.15) is 6.10 Å². The first-order valence-corrected chi connectivity index (χ1v) is 10.0. The average Bonchev–Trinajstić information content (AvgIpc) is 2.70. The van der Waals surface area contributed by atoms with Crippen LogP contribution < -0.4 is 0 Å². The summed E-state index contributed by atoms with van der Waals surface area (Å²) in [6, 6.07) is 0. The Balaban J connectivity index is 2.00. The highest BCUT2D eigenvalue weighted by Crippen LogP contribution is 2.39. The molecular formula is C14H26O5Si. The summed E-state index contributed by atoms with van der Waals surface area (Å²) in [6.45, 7) is 14.9. The minimum absolute atomic E-state index is 0.126. The highest BCUT2D eigenvalue weighted by molar-refractivity contribution is 6.74. The van der Waals surface area contributed by atoms with Crippen molar-refractivity contribution in [3.63, 3.8) is 0 Å². The second-order valence-corrected chi connectivity index (χ2v) is 12.4. The number of carbonyl (C=O) groups is 1. The smallest absolute Gasteiger partial charge is 0.338 e. The van der Waals surface area contributed by atoms with Crippen LogP contribution in [0.4, 0.5) is 0 Å². The van der Waals surface area contributed by atoms with E-state index >= 15 is 0 Å². The zero-order chi connectivity index (χ0) is 15.3. The van der Waals surface area contributed by atoms with Gasteiger partial charge < -0.3 is 18.6 Å². The maximum atomic E-state index is 11.8. The topological polar surface area (TPSA) is 54.0 Å². The largest absolute Gasteiger partial charge is 0.455 e. The molecule has 20 heavy (non-hydrogen) atoms. The van der Waals surface area contributed by atoms with Gasteiger partial charge >= 0.3 is 5.97 Å². The van der Waals surface area contributed by atoms with Crippen molar-refractivity contribution in [2.45, 2.75) is 76.8 Å². The summed E-state index contributed by atoms with van der Waals surface area (Å²) in [6.07, 6.45) is -1.34. The lowest BCUT2D eigenvalue weighted by molar-refractivity contribution is -0.188. The molecule has 0 N–H and O–H groups in total. The fourth-order valence-corrected chi connectivity index (χ4v) is 3.18. The highest BCUT2D eigenvalue weighted by Gasteiger charge is 2.56. The zero-order valence-electron chi connectivity index (χ0n) is 13.5. The predicted octanol–water partition coefficient (Wildman–Crippen LogP) is 2.45. The van der Waals surface area contributed by atoms with Gasteiger partial charge in [0.2, 0.25) is 0 Å². The average molecular weight is 302 g/mol. The maximum absolute atomic E-state index is 11.8. The Labute approximate surface area is 122 Å². The molecule has 6 heteroatoms. The van der Waals surface area contributed by atoms with Crippen LogP contribution in [-0.2, 0) is 23.4 Å². The Kier molecular flexibility index (Phi) is 3.82. The fraction of sp³-hybridized carbons (Fsp3) is 0.929. The highest BCUT2D eigenvalue weighted by atomic mass is 28.4. The summed E-state index contributed by atoms with van der Waals surface area (Å²) in [5.41, 5.74) is 0. The van der Waals surface area contributed by atoms with Gasteiger partial charge in [0.25, 0.3) is 0 Å². The lowest BCUT2D eigenvalue weighted by atomic mass is 10.1. The number of hydrogen-bond acceptors (Lipinski definition) is 5. The van der Waals surface area contributed by atoms with E-state index in [4.69, 9.17) is 18.6 Å². The molecule has 2 aliphatic heterocycles. The summed E-state index contributed by atoms with van der Waals surface area (Å²) in [5, 5.41) is 0.126. The number of ether oxygens (including phenoxy) is 3. The van der Waals surface area contributed by atoms with Crippen molar-refractivity contribution in [3.8, 4) is 0 Å². The molecule has 0 aromatic heterocycles. The summed E-state index contributed by atoms with van der Waals surface area (Å²) in [7, 11) is -1.86. The van der Waals surface area contributed by atoms with Crippen LogP contribution in [0, 0.1) is 0 Å². The summed E-state index contributed by atoms with van der Waals surface area (Å²) in [4.78, 5) is 11.8. The Morgan fingerprint density at radius 2 is 1.85 bits per heavy atom. The first kappa shape index (κ1) is 15.9. The molecule has 0 bridgehead atoms. The number of esters is 1. The van der Waals surface area contributed by atoms with Gasteiger partial charge in [-0.2, -0.15) is 0 Å². The molecule has 0 aromatic rings. The lowest BCUT2D eigenvalue weighted by Crippen LogP contribution is -2.44. The van der Waals surface area contributed by atoms with Crippen molar-refractivity contribution in [2.24, 2.45) is 0 Å². The molecule has 0 aliphatic carbocycles. The van der Waals surface area contributed by atoms with Crippen LogP contribution in [0.2, 0.25) is 18.1 Å². The molecular weight excluding hydrogens is 276 g/mol. The van der Waals surface area contributed by atoms with E-state index in [9.17, 15) is 4.79 Å². The quantitative estimate of drug-likeness (QED) is 0.592. The SMILES string of the molecule is CC1(C)OC2[C@H](O1)C(=O)O[C@@H]2CO[Si](C)(C)C(C)(C)C. The third kappa shape index (κ3) is 2.93. The molecule has 0 aromatic carbocycles. The second kappa shape index (κ2) is 4.80. The third-order valence-electron chi connectivity index (χ3n) is 4.41. The Morgan fingerprint density at radius 3 is 2.40 bits per heavy atom. The molecule has 1 unspecified atom stereocenters. The number of carbonyl (C=O) groups excluding carboxylic acids is 1. The standard InChI is InChI=1S/C14H26O5Si/c1-13(2,3)20(6,7)16-8-9-10-11(12(15)17-9)19-14(4,5)18-10/h9-11H,8H2,1-7H3/t9-,10?,11+/m1/s1. The number of cyclic esters (lactones) is 1. The van der Waals surface area contributed by atoms with Crippen molar-refractivity contribution in [1.82, 2.24) is 0 Å². The molecule has 0 saturated carbocycles. The van der Waals surface area contributed by atoms with Gasteiger partial charge in [-0.15, -0.1) is 0 Å². The zero-order valence-corrected chi connectivity index (χ0v) is 14.5. The van der Waals surface area contributed by atoms with Crippen molar-refractivity contribution in [2.75, 3.05) is 6.61 Å². The van der Waals surface area contributed by atoms with E-state index in [0.717, 1.165) is 0 Å². The molecule has 2 heterocycles. The van der Waals surface area contributed by atoms with Crippen LogP contribution in [0.1, 0.15) is 34.6 Å². The molecule has 3 atom stereocenters. The van der Waals surface area contributed by atoms with Crippen molar-refractivity contribution < 1.29 is 23.4 Å². The minimum atomic E-state index is -1.86. The van der Waals surface area contributed by atoms with E-state index in [1.807, 2.05) is 13.8 Å². The van der Waals surface area contributed by atoms with Crippen LogP contribution >= 0.6 is 0 Å². The van der Waals surface area contributed by atoms with Crippen molar-refractivity contribution in [1.29, 1.82) is 0 Å². The van der Waals surface area contributed by atoms with Gasteiger partial charge in [0.05, 0.1) is 6.61 Å². The second-order valence-electron chi connectivity index (χ2n) is 7.57. The third-order valence-corrected chi connectivity index (χ3v) is 8.91. The molecule has 2 fully saturated rings. The van der Waals surface area contributed by atoms with Gasteiger partial charge in [-0.05, 0) is 32.0 Å². The normalized spacial score (nSPS) is 33.1. The van der Waals surface area contributed by atoms with E-state index in [1.54, 1.807) is 0 Å². The van der Waals surface area contributed by atoms with Crippen LogP contribution in [-0.4, -0.2) is 45.0 Å². The maximum Gasteiger partial charge on any atom is 0.338 e. The van der Waals surface area contributed by atoms with Crippen LogP contribution in [0.3, 0.4) is 0 Å². The minimum Gasteiger partial charge on any atom is -0.455 e. The van der Waals surface area contributed by atoms with E-state index in [0.29, 0.717) is 6.61 Å².